The maximum atomic E-state index is 13.5. The molecule has 1 unspecified atom stereocenters. The molecule has 0 saturated heterocycles. The summed E-state index contributed by atoms with van der Waals surface area (Å²) >= 11 is 0. The minimum atomic E-state index is -0.502. The van der Waals surface area contributed by atoms with Gasteiger partial charge in [0.1, 0.15) is 11.8 Å². The molecular weight excluding hydrogens is 414 g/mol. The fourth-order valence-electron chi connectivity index (χ4n) is 4.16. The highest BCUT2D eigenvalue weighted by Gasteiger charge is 2.28. The van der Waals surface area contributed by atoms with Crippen LogP contribution < -0.4 is 15.4 Å². The number of aromatic nitrogens is 1. The Morgan fingerprint density at radius 2 is 1.70 bits per heavy atom. The van der Waals surface area contributed by atoms with Crippen molar-refractivity contribution in [2.75, 3.05) is 17.7 Å². The minimum absolute atomic E-state index is 0.0331. The number of ketones is 1. The van der Waals surface area contributed by atoms with E-state index >= 15 is 0 Å². The number of benzene rings is 3. The van der Waals surface area contributed by atoms with Gasteiger partial charge in [-0.25, -0.2) is 0 Å². The standard InChI is InChI=1S/C27H23N3O3/c1-33-24-11-5-3-8-21(24)27(32)28-20-14-12-18(13-15-20)26(31)25-23-10-6-16-30(23)17-19-7-2-4-9-22(19)29-25/h2-16,25,29H,17H2,1H3,(H,28,32). The van der Waals surface area contributed by atoms with Crippen LogP contribution in [0.15, 0.2) is 91.1 Å². The average Bonchev–Trinajstić information content (AvgIpc) is 3.25. The Labute approximate surface area is 191 Å². The van der Waals surface area contributed by atoms with Crippen LogP contribution in [0, 0.1) is 0 Å². The zero-order valence-electron chi connectivity index (χ0n) is 18.1. The van der Waals surface area contributed by atoms with Crippen molar-refractivity contribution in [1.82, 2.24) is 4.57 Å². The maximum Gasteiger partial charge on any atom is 0.259 e. The van der Waals surface area contributed by atoms with Crippen LogP contribution in [-0.2, 0) is 6.54 Å². The second-order valence-electron chi connectivity index (χ2n) is 7.89. The number of amides is 1. The monoisotopic (exact) mass is 437 g/mol. The van der Waals surface area contributed by atoms with Gasteiger partial charge in [0, 0.05) is 35.4 Å². The summed E-state index contributed by atoms with van der Waals surface area (Å²) in [6.45, 7) is 0.712. The number of hydrogen-bond acceptors (Lipinski definition) is 4. The lowest BCUT2D eigenvalue weighted by atomic mass is 10.0. The van der Waals surface area contributed by atoms with Crippen LogP contribution in [0.1, 0.15) is 38.0 Å². The predicted octanol–water partition coefficient (Wildman–Crippen LogP) is 5.15. The van der Waals surface area contributed by atoms with E-state index in [1.165, 1.54) is 7.11 Å². The van der Waals surface area contributed by atoms with Gasteiger partial charge in [0.25, 0.3) is 5.91 Å². The van der Waals surface area contributed by atoms with Gasteiger partial charge in [-0.15, -0.1) is 0 Å². The number of carbonyl (C=O) groups is 2. The molecule has 1 aliphatic heterocycles. The molecule has 0 spiro atoms. The molecule has 4 aromatic rings. The first-order valence-electron chi connectivity index (χ1n) is 10.7. The largest absolute Gasteiger partial charge is 0.496 e. The van der Waals surface area contributed by atoms with Crippen LogP contribution in [0.5, 0.6) is 5.75 Å². The summed E-state index contributed by atoms with van der Waals surface area (Å²) in [5.74, 6) is 0.199. The zero-order chi connectivity index (χ0) is 22.8. The van der Waals surface area contributed by atoms with Crippen LogP contribution in [0.2, 0.25) is 0 Å². The van der Waals surface area contributed by atoms with Gasteiger partial charge >= 0.3 is 0 Å². The number of Topliss-reactive ketones (excluding diaryl/α,β-unsaturated/α-hetero) is 1. The van der Waals surface area contributed by atoms with Gasteiger partial charge in [-0.3, -0.25) is 9.59 Å². The van der Waals surface area contributed by atoms with Gasteiger partial charge < -0.3 is 19.9 Å². The second-order valence-corrected chi connectivity index (χ2v) is 7.89. The van der Waals surface area contributed by atoms with Crippen molar-refractivity contribution >= 4 is 23.1 Å². The lowest BCUT2D eigenvalue weighted by Crippen LogP contribution is -2.22. The molecule has 33 heavy (non-hydrogen) atoms. The number of hydrogen-bond donors (Lipinski definition) is 2. The van der Waals surface area contributed by atoms with Gasteiger partial charge in [0.15, 0.2) is 5.78 Å². The number of methoxy groups -OCH3 is 1. The molecular formula is C27H23N3O3. The van der Waals surface area contributed by atoms with Crippen molar-refractivity contribution in [3.8, 4) is 5.75 Å². The Hall–Kier alpha value is -4.32. The Morgan fingerprint density at radius 3 is 2.52 bits per heavy atom. The Kier molecular flexibility index (Phi) is 5.40. The van der Waals surface area contributed by atoms with Gasteiger partial charge in [-0.1, -0.05) is 30.3 Å². The van der Waals surface area contributed by atoms with Gasteiger partial charge in [-0.2, -0.15) is 0 Å². The summed E-state index contributed by atoms with van der Waals surface area (Å²) in [6, 6.07) is 25.5. The number of rotatable bonds is 5. The molecule has 1 atom stereocenters. The number of nitrogens with one attached hydrogen (secondary N) is 2. The van der Waals surface area contributed by atoms with Crippen molar-refractivity contribution in [3.63, 3.8) is 0 Å². The van der Waals surface area contributed by atoms with E-state index in [0.29, 0.717) is 29.1 Å². The summed E-state index contributed by atoms with van der Waals surface area (Å²) in [4.78, 5) is 26.1. The normalized spacial score (nSPS) is 14.3. The first-order valence-corrected chi connectivity index (χ1v) is 10.7. The number of anilines is 2. The Morgan fingerprint density at radius 1 is 0.939 bits per heavy atom. The molecule has 2 heterocycles. The number of para-hydroxylation sites is 2. The number of carbonyl (C=O) groups excluding carboxylic acids is 2. The SMILES string of the molecule is COc1ccccc1C(=O)Nc1ccc(C(=O)C2Nc3ccccc3Cn3cccc32)cc1. The fraction of sp³-hybridized carbons (Fsp3) is 0.111. The highest BCUT2D eigenvalue weighted by molar-refractivity contribution is 6.07. The number of ether oxygens (including phenoxy) is 1. The summed E-state index contributed by atoms with van der Waals surface area (Å²) in [6.07, 6.45) is 2.00. The molecule has 3 aromatic carbocycles. The molecule has 1 aliphatic rings. The van der Waals surface area contributed by atoms with E-state index in [1.54, 1.807) is 42.5 Å². The van der Waals surface area contributed by atoms with Gasteiger partial charge in [0.05, 0.1) is 12.7 Å². The molecule has 0 saturated carbocycles. The third kappa shape index (κ3) is 3.99. The van der Waals surface area contributed by atoms with Gasteiger partial charge in [-0.05, 0) is 60.2 Å². The van der Waals surface area contributed by atoms with Crippen LogP contribution in [0.3, 0.4) is 0 Å². The zero-order valence-corrected chi connectivity index (χ0v) is 18.1. The highest BCUT2D eigenvalue weighted by Crippen LogP contribution is 2.31. The third-order valence-electron chi connectivity index (χ3n) is 5.86. The van der Waals surface area contributed by atoms with Gasteiger partial charge in [0.2, 0.25) is 0 Å². The van der Waals surface area contributed by atoms with Crippen LogP contribution in [0.4, 0.5) is 11.4 Å². The quantitative estimate of drug-likeness (QED) is 0.424. The van der Waals surface area contributed by atoms with E-state index in [9.17, 15) is 9.59 Å². The lowest BCUT2D eigenvalue weighted by molar-refractivity contribution is 0.0966. The topological polar surface area (TPSA) is 72.4 Å². The lowest BCUT2D eigenvalue weighted by Gasteiger charge is -2.18. The molecule has 1 aromatic heterocycles. The summed E-state index contributed by atoms with van der Waals surface area (Å²) in [7, 11) is 1.53. The number of nitrogens with zero attached hydrogens (tertiary/aromatic N) is 1. The van der Waals surface area contributed by atoms with E-state index < -0.39 is 6.04 Å². The minimum Gasteiger partial charge on any atom is -0.496 e. The summed E-state index contributed by atoms with van der Waals surface area (Å²) < 4.78 is 7.37. The first-order chi connectivity index (χ1) is 16.1. The highest BCUT2D eigenvalue weighted by atomic mass is 16.5. The molecule has 2 N–H and O–H groups in total. The number of fused-ring (bicyclic) bond motifs is 2. The van der Waals surface area contributed by atoms with Crippen LogP contribution in [-0.4, -0.2) is 23.4 Å². The van der Waals surface area contributed by atoms with E-state index in [2.05, 4.69) is 21.3 Å². The fourth-order valence-corrected chi connectivity index (χ4v) is 4.16. The summed E-state index contributed by atoms with van der Waals surface area (Å²) in [5.41, 5.74) is 4.63. The Bertz CT molecular complexity index is 1320. The maximum absolute atomic E-state index is 13.5. The average molecular weight is 437 g/mol. The first kappa shape index (κ1) is 20.6. The smallest absolute Gasteiger partial charge is 0.259 e. The third-order valence-corrected chi connectivity index (χ3v) is 5.86. The van der Waals surface area contributed by atoms with Crippen molar-refractivity contribution in [1.29, 1.82) is 0 Å². The predicted molar refractivity (Wildman–Crippen MR) is 128 cm³/mol. The molecule has 0 aliphatic carbocycles. The van der Waals surface area contributed by atoms with Crippen LogP contribution in [0.25, 0.3) is 0 Å². The van der Waals surface area contributed by atoms with Crippen molar-refractivity contribution < 1.29 is 14.3 Å². The van der Waals surface area contributed by atoms with Crippen LogP contribution >= 0.6 is 0 Å². The molecule has 5 rings (SSSR count). The van der Waals surface area contributed by atoms with Crippen molar-refractivity contribution in [2.24, 2.45) is 0 Å². The molecule has 0 radical (unpaired) electrons. The molecule has 0 bridgehead atoms. The molecule has 6 heteroatoms. The van der Waals surface area contributed by atoms with Crippen molar-refractivity contribution in [2.45, 2.75) is 12.6 Å². The van der Waals surface area contributed by atoms with Crippen molar-refractivity contribution in [3.05, 3.63) is 114 Å². The molecule has 6 nitrogen and oxygen atoms in total. The molecule has 1 amide bonds. The van der Waals surface area contributed by atoms with E-state index in [0.717, 1.165) is 16.9 Å². The van der Waals surface area contributed by atoms with E-state index in [-0.39, 0.29) is 11.7 Å². The second kappa shape index (κ2) is 8.67. The Balaban J connectivity index is 1.37. The molecule has 164 valence electrons. The summed E-state index contributed by atoms with van der Waals surface area (Å²) in [5, 5.41) is 6.29. The molecule has 0 fully saturated rings. The van der Waals surface area contributed by atoms with E-state index in [4.69, 9.17) is 4.74 Å². The van der Waals surface area contributed by atoms with E-state index in [1.807, 2.05) is 42.6 Å².